The fraction of sp³-hybridized carbons (Fsp3) is 0.250. The highest BCUT2D eigenvalue weighted by molar-refractivity contribution is 7.91. The number of nitro benzene ring substituents is 1. The Balaban J connectivity index is 2.65. The van der Waals surface area contributed by atoms with Crippen molar-refractivity contribution in [3.63, 3.8) is 0 Å². The van der Waals surface area contributed by atoms with E-state index in [0.29, 0.717) is 0 Å². The lowest BCUT2D eigenvalue weighted by Crippen LogP contribution is -2.12. The summed E-state index contributed by atoms with van der Waals surface area (Å²) in [5.41, 5.74) is -0.0262. The number of nitrogens with zero attached hydrogens (tertiary/aromatic N) is 1. The average molecular weight is 335 g/mol. The van der Waals surface area contributed by atoms with Crippen LogP contribution in [0.4, 0.5) is 5.69 Å². The third-order valence-corrected chi connectivity index (χ3v) is 5.31. The SMILES string of the molecule is CC(C)(C)c1ccc(S(=O)(=O)c2ccccc2[N+](=O)[O-])c(O)c1. The van der Waals surface area contributed by atoms with E-state index in [1.807, 2.05) is 20.8 Å². The monoisotopic (exact) mass is 335 g/mol. The first-order valence-electron chi connectivity index (χ1n) is 6.87. The fourth-order valence-electron chi connectivity index (χ4n) is 2.16. The largest absolute Gasteiger partial charge is 0.507 e. The van der Waals surface area contributed by atoms with E-state index in [-0.39, 0.29) is 10.3 Å². The molecule has 0 aliphatic heterocycles. The van der Waals surface area contributed by atoms with Crippen molar-refractivity contribution in [2.45, 2.75) is 36.0 Å². The molecule has 0 unspecified atom stereocenters. The van der Waals surface area contributed by atoms with Crippen LogP contribution in [0.2, 0.25) is 0 Å². The number of sulfone groups is 1. The Morgan fingerprint density at radius 3 is 2.17 bits per heavy atom. The van der Waals surface area contributed by atoms with Gasteiger partial charge < -0.3 is 5.11 Å². The molecule has 0 saturated carbocycles. The van der Waals surface area contributed by atoms with Gasteiger partial charge in [0.1, 0.15) is 15.5 Å². The standard InChI is InChI=1S/C16H17NO5S/c1-16(2,3)11-8-9-15(13(18)10-11)23(21,22)14-7-5-4-6-12(14)17(19)20/h4-10,18H,1-3H3. The van der Waals surface area contributed by atoms with Crippen molar-refractivity contribution in [1.29, 1.82) is 0 Å². The molecule has 6 nitrogen and oxygen atoms in total. The van der Waals surface area contributed by atoms with Crippen molar-refractivity contribution in [2.75, 3.05) is 0 Å². The normalized spacial score (nSPS) is 12.1. The molecule has 0 amide bonds. The summed E-state index contributed by atoms with van der Waals surface area (Å²) in [7, 11) is -4.20. The van der Waals surface area contributed by atoms with Gasteiger partial charge in [-0.3, -0.25) is 10.1 Å². The van der Waals surface area contributed by atoms with E-state index in [2.05, 4.69) is 0 Å². The minimum atomic E-state index is -4.20. The highest BCUT2D eigenvalue weighted by Gasteiger charge is 2.30. The van der Waals surface area contributed by atoms with Crippen LogP contribution in [-0.2, 0) is 15.3 Å². The zero-order valence-electron chi connectivity index (χ0n) is 13.0. The van der Waals surface area contributed by atoms with Crippen molar-refractivity contribution in [3.8, 4) is 5.75 Å². The van der Waals surface area contributed by atoms with Crippen molar-refractivity contribution in [1.82, 2.24) is 0 Å². The zero-order valence-corrected chi connectivity index (χ0v) is 13.8. The van der Waals surface area contributed by atoms with Crippen LogP contribution >= 0.6 is 0 Å². The molecule has 0 bridgehead atoms. The van der Waals surface area contributed by atoms with Crippen molar-refractivity contribution < 1.29 is 18.4 Å². The Morgan fingerprint density at radius 2 is 1.65 bits per heavy atom. The van der Waals surface area contributed by atoms with Crippen LogP contribution in [0.1, 0.15) is 26.3 Å². The van der Waals surface area contributed by atoms with Crippen molar-refractivity contribution in [2.24, 2.45) is 0 Å². The molecular formula is C16H17NO5S. The van der Waals surface area contributed by atoms with Gasteiger partial charge in [-0.15, -0.1) is 0 Å². The molecule has 2 rings (SSSR count). The molecule has 0 spiro atoms. The van der Waals surface area contributed by atoms with Gasteiger partial charge in [-0.25, -0.2) is 8.42 Å². The molecule has 122 valence electrons. The minimum absolute atomic E-state index is 0.265. The molecule has 0 aliphatic carbocycles. The average Bonchev–Trinajstić information content (AvgIpc) is 2.45. The van der Waals surface area contributed by atoms with E-state index >= 15 is 0 Å². The molecule has 7 heteroatoms. The smallest absolute Gasteiger partial charge is 0.288 e. The summed E-state index contributed by atoms with van der Waals surface area (Å²) in [6, 6.07) is 9.32. The maximum absolute atomic E-state index is 12.7. The van der Waals surface area contributed by atoms with Gasteiger partial charge in [0.25, 0.3) is 5.69 Å². The second-order valence-electron chi connectivity index (χ2n) is 6.16. The first-order valence-corrected chi connectivity index (χ1v) is 8.35. The van der Waals surface area contributed by atoms with Gasteiger partial charge in [0.15, 0.2) is 0 Å². The fourth-order valence-corrected chi connectivity index (χ4v) is 3.66. The number of aromatic hydroxyl groups is 1. The summed E-state index contributed by atoms with van der Waals surface area (Å²) in [5, 5.41) is 21.2. The molecule has 23 heavy (non-hydrogen) atoms. The Kier molecular flexibility index (Phi) is 4.17. The van der Waals surface area contributed by atoms with Crippen LogP contribution < -0.4 is 0 Å². The van der Waals surface area contributed by atoms with E-state index in [4.69, 9.17) is 0 Å². The predicted molar refractivity (Wildman–Crippen MR) is 85.4 cm³/mol. The van der Waals surface area contributed by atoms with E-state index in [1.165, 1.54) is 24.3 Å². The third-order valence-electron chi connectivity index (χ3n) is 3.47. The van der Waals surface area contributed by atoms with Gasteiger partial charge in [0.05, 0.1) is 4.92 Å². The van der Waals surface area contributed by atoms with Crippen LogP contribution in [0.15, 0.2) is 52.3 Å². The first kappa shape index (κ1) is 17.0. The molecule has 1 N–H and O–H groups in total. The lowest BCUT2D eigenvalue weighted by molar-refractivity contribution is -0.387. The van der Waals surface area contributed by atoms with Crippen molar-refractivity contribution >= 4 is 15.5 Å². The van der Waals surface area contributed by atoms with Crippen LogP contribution in [0.5, 0.6) is 5.75 Å². The summed E-state index contributed by atoms with van der Waals surface area (Å²) in [5.74, 6) is -0.421. The van der Waals surface area contributed by atoms with Gasteiger partial charge in [0, 0.05) is 6.07 Å². The number of phenolic OH excluding ortho intramolecular Hbond substituents is 1. The lowest BCUT2D eigenvalue weighted by Gasteiger charge is -2.20. The van der Waals surface area contributed by atoms with E-state index in [0.717, 1.165) is 17.7 Å². The molecular weight excluding hydrogens is 318 g/mol. The van der Waals surface area contributed by atoms with Gasteiger partial charge in [-0.1, -0.05) is 39.0 Å². The Labute approximate surface area is 134 Å². The summed E-state index contributed by atoms with van der Waals surface area (Å²) < 4.78 is 25.4. The number of hydrogen-bond acceptors (Lipinski definition) is 5. The molecule has 0 aromatic heterocycles. The Hall–Kier alpha value is -2.41. The summed E-state index contributed by atoms with van der Waals surface area (Å²) >= 11 is 0. The predicted octanol–water partition coefficient (Wildman–Crippen LogP) is 3.43. The van der Waals surface area contributed by atoms with Crippen LogP contribution in [-0.4, -0.2) is 18.4 Å². The van der Waals surface area contributed by atoms with E-state index < -0.39 is 31.1 Å². The van der Waals surface area contributed by atoms with E-state index in [9.17, 15) is 23.6 Å². The molecule has 0 saturated heterocycles. The van der Waals surface area contributed by atoms with Gasteiger partial charge >= 0.3 is 0 Å². The highest BCUT2D eigenvalue weighted by atomic mass is 32.2. The summed E-state index contributed by atoms with van der Waals surface area (Å²) in [6.45, 7) is 5.79. The van der Waals surface area contributed by atoms with E-state index in [1.54, 1.807) is 6.07 Å². The second kappa shape index (κ2) is 5.66. The minimum Gasteiger partial charge on any atom is -0.507 e. The maximum Gasteiger partial charge on any atom is 0.288 e. The first-order chi connectivity index (χ1) is 10.5. The number of nitro groups is 1. The summed E-state index contributed by atoms with van der Waals surface area (Å²) in [4.78, 5) is 9.50. The van der Waals surface area contributed by atoms with Crippen molar-refractivity contribution in [3.05, 3.63) is 58.1 Å². The quantitative estimate of drug-likeness (QED) is 0.684. The molecule has 2 aromatic carbocycles. The molecule has 2 aromatic rings. The van der Waals surface area contributed by atoms with Gasteiger partial charge in [0.2, 0.25) is 9.84 Å². The number of benzene rings is 2. The number of para-hydroxylation sites is 1. The van der Waals surface area contributed by atoms with Crippen LogP contribution in [0.25, 0.3) is 0 Å². The third kappa shape index (κ3) is 3.19. The Morgan fingerprint density at radius 1 is 1.04 bits per heavy atom. The number of rotatable bonds is 3. The lowest BCUT2D eigenvalue weighted by atomic mass is 9.87. The number of hydrogen-bond donors (Lipinski definition) is 1. The molecule has 0 radical (unpaired) electrons. The summed E-state index contributed by atoms with van der Waals surface area (Å²) in [6.07, 6.45) is 0. The molecule has 0 aliphatic rings. The zero-order chi connectivity index (χ0) is 17.4. The van der Waals surface area contributed by atoms with Crippen LogP contribution in [0.3, 0.4) is 0 Å². The molecule has 0 atom stereocenters. The van der Waals surface area contributed by atoms with Crippen LogP contribution in [0, 0.1) is 10.1 Å². The maximum atomic E-state index is 12.7. The number of phenols is 1. The molecule has 0 heterocycles. The Bertz CT molecular complexity index is 866. The van der Waals surface area contributed by atoms with Gasteiger partial charge in [-0.2, -0.15) is 0 Å². The molecule has 0 fully saturated rings. The highest BCUT2D eigenvalue weighted by Crippen LogP contribution is 2.35. The second-order valence-corrected chi connectivity index (χ2v) is 8.05. The van der Waals surface area contributed by atoms with Gasteiger partial charge in [-0.05, 0) is 29.2 Å². The topological polar surface area (TPSA) is 97.5 Å².